The Morgan fingerprint density at radius 3 is 2.29 bits per heavy atom. The molecule has 0 bridgehead atoms. The average Bonchev–Trinajstić information content (AvgIpc) is 3.16. The van der Waals surface area contributed by atoms with Crippen LogP contribution in [0.1, 0.15) is 17.7 Å². The van der Waals surface area contributed by atoms with Gasteiger partial charge in [-0.1, -0.05) is 23.2 Å². The molecule has 1 unspecified atom stereocenters. The number of benzene rings is 2. The van der Waals surface area contributed by atoms with Gasteiger partial charge in [-0.25, -0.2) is 13.2 Å². The van der Waals surface area contributed by atoms with E-state index < -0.39 is 22.0 Å². The highest BCUT2D eigenvalue weighted by Crippen LogP contribution is 2.34. The maximum atomic E-state index is 14.0. The minimum atomic E-state index is -4.39. The van der Waals surface area contributed by atoms with Crippen molar-refractivity contribution in [3.8, 4) is 5.82 Å². The number of sulfonamides is 1. The third-order valence-corrected chi connectivity index (χ3v) is 8.33. The minimum absolute atomic E-state index is 0.0485. The Kier molecular flexibility index (Phi) is 7.98. The molecule has 2 aromatic heterocycles. The molecule has 12 heteroatoms. The van der Waals surface area contributed by atoms with E-state index in [1.54, 1.807) is 37.2 Å². The third kappa shape index (κ3) is 5.63. The van der Waals surface area contributed by atoms with Crippen molar-refractivity contribution < 1.29 is 18.3 Å². The largest absolute Gasteiger partial charge is 0.480 e. The molecule has 0 radical (unpaired) electrons. The first-order valence-corrected chi connectivity index (χ1v) is 13.9. The lowest BCUT2D eigenvalue weighted by Crippen LogP contribution is -2.46. The van der Waals surface area contributed by atoms with Crippen molar-refractivity contribution in [3.63, 3.8) is 0 Å². The number of carboxylic acids is 1. The van der Waals surface area contributed by atoms with Crippen molar-refractivity contribution in [2.24, 2.45) is 0 Å². The lowest BCUT2D eigenvalue weighted by Gasteiger charge is -2.31. The topological polar surface area (TPSA) is 109 Å². The van der Waals surface area contributed by atoms with E-state index in [1.165, 1.54) is 18.2 Å². The van der Waals surface area contributed by atoms with Gasteiger partial charge in [0.05, 0.1) is 21.8 Å². The van der Waals surface area contributed by atoms with Crippen molar-refractivity contribution in [2.75, 3.05) is 24.9 Å². The van der Waals surface area contributed by atoms with Crippen LogP contribution in [0, 0.1) is 13.8 Å². The van der Waals surface area contributed by atoms with Gasteiger partial charge in [-0.15, -0.1) is 5.10 Å². The summed E-state index contributed by atoms with van der Waals surface area (Å²) in [5, 5.41) is 19.6. The molecule has 0 saturated heterocycles. The first-order chi connectivity index (χ1) is 17.9. The van der Waals surface area contributed by atoms with Gasteiger partial charge in [-0.3, -0.25) is 8.87 Å². The molecule has 4 rings (SSSR count). The summed E-state index contributed by atoms with van der Waals surface area (Å²) in [4.78, 5) is 14.1. The fourth-order valence-electron chi connectivity index (χ4n) is 4.23. The highest BCUT2D eigenvalue weighted by atomic mass is 35.5. The van der Waals surface area contributed by atoms with E-state index in [0.29, 0.717) is 12.4 Å². The molecule has 1 atom stereocenters. The van der Waals surface area contributed by atoms with Gasteiger partial charge >= 0.3 is 5.97 Å². The van der Waals surface area contributed by atoms with E-state index in [-0.39, 0.29) is 27.0 Å². The number of aryl methyl sites for hydroxylation is 2. The normalized spacial score (nSPS) is 12.7. The van der Waals surface area contributed by atoms with Crippen LogP contribution in [0.25, 0.3) is 16.7 Å². The van der Waals surface area contributed by atoms with Crippen LogP contribution in [0.5, 0.6) is 0 Å². The highest BCUT2D eigenvalue weighted by molar-refractivity contribution is 7.93. The summed E-state index contributed by atoms with van der Waals surface area (Å²) in [6.07, 6.45) is 1.93. The molecule has 9 nitrogen and oxygen atoms in total. The number of aromatic nitrogens is 3. The van der Waals surface area contributed by atoms with Gasteiger partial charge in [-0.2, -0.15) is 5.10 Å². The van der Waals surface area contributed by atoms with Crippen LogP contribution in [-0.4, -0.2) is 65.8 Å². The quantitative estimate of drug-likeness (QED) is 0.301. The van der Waals surface area contributed by atoms with Crippen LogP contribution < -0.4 is 4.31 Å². The van der Waals surface area contributed by atoms with Crippen LogP contribution in [0.4, 0.5) is 5.69 Å². The van der Waals surface area contributed by atoms with Crippen LogP contribution >= 0.6 is 23.2 Å². The molecule has 0 fully saturated rings. The summed E-state index contributed by atoms with van der Waals surface area (Å²) < 4.78 is 30.8. The Morgan fingerprint density at radius 1 is 1.03 bits per heavy atom. The van der Waals surface area contributed by atoms with Gasteiger partial charge in [0.1, 0.15) is 6.04 Å². The summed E-state index contributed by atoms with van der Waals surface area (Å²) in [5.41, 5.74) is 2.61. The molecule has 200 valence electrons. The Hall–Kier alpha value is -3.18. The Labute approximate surface area is 231 Å². The molecule has 2 aromatic carbocycles. The van der Waals surface area contributed by atoms with Gasteiger partial charge in [0, 0.05) is 28.2 Å². The average molecular weight is 577 g/mol. The minimum Gasteiger partial charge on any atom is -0.480 e. The number of hydrogen-bond acceptors (Lipinski definition) is 6. The summed E-state index contributed by atoms with van der Waals surface area (Å²) >= 11 is 12.2. The van der Waals surface area contributed by atoms with Crippen molar-refractivity contribution in [1.82, 2.24) is 19.7 Å². The van der Waals surface area contributed by atoms with E-state index in [2.05, 4.69) is 10.2 Å². The smallest absolute Gasteiger partial charge is 0.327 e. The zero-order chi connectivity index (χ0) is 27.8. The molecular formula is C26H27Cl2N5O4S. The number of halogens is 2. The first kappa shape index (κ1) is 27.8. The number of anilines is 1. The number of carboxylic acid groups (broad SMARTS) is 1. The maximum Gasteiger partial charge on any atom is 0.327 e. The monoisotopic (exact) mass is 575 g/mol. The molecule has 0 aliphatic rings. The second kappa shape index (κ2) is 10.9. The lowest BCUT2D eigenvalue weighted by atomic mass is 10.1. The van der Waals surface area contributed by atoms with E-state index in [4.69, 9.17) is 23.2 Å². The van der Waals surface area contributed by atoms with Crippen LogP contribution in [0.3, 0.4) is 0 Å². The molecule has 0 saturated carbocycles. The van der Waals surface area contributed by atoms with Gasteiger partial charge in [-0.05, 0) is 88.5 Å². The summed E-state index contributed by atoms with van der Waals surface area (Å²) in [6, 6.07) is 11.3. The zero-order valence-corrected chi connectivity index (χ0v) is 23.6. The zero-order valence-electron chi connectivity index (χ0n) is 21.3. The summed E-state index contributed by atoms with van der Waals surface area (Å²) in [6.45, 7) is 4.09. The Bertz CT molecular complexity index is 1580. The van der Waals surface area contributed by atoms with E-state index in [0.717, 1.165) is 26.5 Å². The van der Waals surface area contributed by atoms with Crippen molar-refractivity contribution in [1.29, 1.82) is 0 Å². The SMILES string of the molecule is Cc1ccc(-n2cc(C)c3cc(N(C(CCN(C)C)C(=O)O)S(=O)(=O)c4cc(Cl)cc(Cl)c4)ccc32)nn1. The molecular weight excluding hydrogens is 549 g/mol. The fraction of sp³-hybridized carbons (Fsp3) is 0.269. The first-order valence-electron chi connectivity index (χ1n) is 11.7. The van der Waals surface area contributed by atoms with Crippen LogP contribution in [0.2, 0.25) is 10.0 Å². The second-order valence-corrected chi connectivity index (χ2v) is 12.0. The number of fused-ring (bicyclic) bond motifs is 1. The summed E-state index contributed by atoms with van der Waals surface area (Å²) in [7, 11) is -0.802. The second-order valence-electron chi connectivity index (χ2n) is 9.27. The molecule has 2 heterocycles. The molecule has 0 aliphatic carbocycles. The number of hydrogen-bond donors (Lipinski definition) is 1. The molecule has 38 heavy (non-hydrogen) atoms. The molecule has 0 amide bonds. The molecule has 0 spiro atoms. The predicted octanol–water partition coefficient (Wildman–Crippen LogP) is 4.94. The number of carbonyl (C=O) groups is 1. The predicted molar refractivity (Wildman–Crippen MR) is 149 cm³/mol. The van der Waals surface area contributed by atoms with E-state index >= 15 is 0 Å². The van der Waals surface area contributed by atoms with Gasteiger partial charge < -0.3 is 10.0 Å². The maximum absolute atomic E-state index is 14.0. The standard InChI is InChI=1S/C26H27Cl2N5O4S/c1-16-15-32(25-8-5-17(2)29-30-25)23-7-6-20(14-22(16)23)33(24(26(34)35)9-10-31(3)4)38(36,37)21-12-18(27)11-19(28)13-21/h5-8,11-15,24H,9-10H2,1-4H3,(H,34,35). The lowest BCUT2D eigenvalue weighted by molar-refractivity contribution is -0.138. The Balaban J connectivity index is 1.91. The van der Waals surface area contributed by atoms with E-state index in [9.17, 15) is 18.3 Å². The van der Waals surface area contributed by atoms with Gasteiger partial charge in [0.25, 0.3) is 10.0 Å². The number of nitrogens with zero attached hydrogens (tertiary/aromatic N) is 5. The number of rotatable bonds is 9. The van der Waals surface area contributed by atoms with Crippen molar-refractivity contribution in [2.45, 2.75) is 31.2 Å². The summed E-state index contributed by atoms with van der Waals surface area (Å²) in [5.74, 6) is -0.665. The molecule has 4 aromatic rings. The van der Waals surface area contributed by atoms with Gasteiger partial charge in [0.15, 0.2) is 5.82 Å². The van der Waals surface area contributed by atoms with Crippen molar-refractivity contribution in [3.05, 3.63) is 76.0 Å². The molecule has 1 N–H and O–H groups in total. The van der Waals surface area contributed by atoms with Crippen LogP contribution in [-0.2, 0) is 14.8 Å². The van der Waals surface area contributed by atoms with Gasteiger partial charge in [0.2, 0.25) is 0 Å². The van der Waals surface area contributed by atoms with Crippen LogP contribution in [0.15, 0.2) is 59.6 Å². The Morgan fingerprint density at radius 2 is 1.71 bits per heavy atom. The third-order valence-electron chi connectivity index (χ3n) is 6.08. The molecule has 0 aliphatic heterocycles. The number of aliphatic carboxylic acids is 1. The highest BCUT2D eigenvalue weighted by Gasteiger charge is 2.37. The van der Waals surface area contributed by atoms with Crippen molar-refractivity contribution >= 4 is 55.8 Å². The fourth-order valence-corrected chi connectivity index (χ4v) is 6.58. The van der Waals surface area contributed by atoms with E-state index in [1.807, 2.05) is 36.7 Å².